The molecule has 1 aromatic heterocycles. The molecule has 0 aliphatic carbocycles. The molecule has 0 unspecified atom stereocenters. The standard InChI is InChI=1S/C27H23BrO6/c1-3-31-26(29)23-19-15-22(34-25(27(30)32-4-2)18-13-9-6-10-14-18)20(28)16-21(19)33-24(23)17-11-7-5-8-12-17/h5-16,25H,3-4H2,1-2H3/t25-/m0/s1. The van der Waals surface area contributed by atoms with E-state index in [0.29, 0.717) is 38.1 Å². The first-order chi connectivity index (χ1) is 16.5. The second-order valence-corrected chi connectivity index (χ2v) is 8.19. The number of benzene rings is 3. The average Bonchev–Trinajstić information content (AvgIpc) is 3.22. The molecule has 4 aromatic rings. The number of ether oxygens (including phenoxy) is 3. The van der Waals surface area contributed by atoms with Gasteiger partial charge in [0, 0.05) is 16.5 Å². The summed E-state index contributed by atoms with van der Waals surface area (Å²) in [5.74, 6) is -0.245. The van der Waals surface area contributed by atoms with Gasteiger partial charge in [-0.25, -0.2) is 9.59 Å². The third-order valence-electron chi connectivity index (χ3n) is 5.11. The molecule has 0 amide bonds. The quantitative estimate of drug-likeness (QED) is 0.239. The first-order valence-corrected chi connectivity index (χ1v) is 11.7. The van der Waals surface area contributed by atoms with Crippen LogP contribution in [0, 0.1) is 0 Å². The van der Waals surface area contributed by atoms with Gasteiger partial charge in [-0.3, -0.25) is 0 Å². The second kappa shape index (κ2) is 10.6. The number of furan rings is 1. The van der Waals surface area contributed by atoms with Crippen LogP contribution in [-0.2, 0) is 14.3 Å². The second-order valence-electron chi connectivity index (χ2n) is 7.33. The molecule has 1 heterocycles. The highest BCUT2D eigenvalue weighted by Gasteiger charge is 2.28. The lowest BCUT2D eigenvalue weighted by atomic mass is 10.1. The number of fused-ring (bicyclic) bond motifs is 1. The zero-order valence-corrected chi connectivity index (χ0v) is 20.3. The van der Waals surface area contributed by atoms with Crippen LogP contribution < -0.4 is 4.74 Å². The van der Waals surface area contributed by atoms with E-state index in [1.165, 1.54) is 0 Å². The van der Waals surface area contributed by atoms with E-state index in [1.54, 1.807) is 38.1 Å². The lowest BCUT2D eigenvalue weighted by Crippen LogP contribution is -2.21. The molecule has 0 aliphatic rings. The summed E-state index contributed by atoms with van der Waals surface area (Å²) in [4.78, 5) is 25.7. The average molecular weight is 523 g/mol. The van der Waals surface area contributed by atoms with Crippen LogP contribution in [0.15, 0.2) is 81.7 Å². The van der Waals surface area contributed by atoms with E-state index < -0.39 is 18.0 Å². The van der Waals surface area contributed by atoms with Crippen LogP contribution >= 0.6 is 15.9 Å². The monoisotopic (exact) mass is 522 g/mol. The van der Waals surface area contributed by atoms with Gasteiger partial charge in [0.1, 0.15) is 22.7 Å². The van der Waals surface area contributed by atoms with Crippen LogP contribution in [0.1, 0.15) is 35.9 Å². The van der Waals surface area contributed by atoms with Crippen LogP contribution in [0.3, 0.4) is 0 Å². The van der Waals surface area contributed by atoms with Crippen LogP contribution in [-0.4, -0.2) is 25.2 Å². The highest BCUT2D eigenvalue weighted by Crippen LogP contribution is 2.40. The number of halogens is 1. The maximum atomic E-state index is 12.9. The molecule has 7 heteroatoms. The molecule has 0 radical (unpaired) electrons. The summed E-state index contributed by atoms with van der Waals surface area (Å²) in [6.07, 6.45) is -0.985. The van der Waals surface area contributed by atoms with Crippen molar-refractivity contribution in [2.45, 2.75) is 20.0 Å². The van der Waals surface area contributed by atoms with Crippen molar-refractivity contribution in [3.05, 3.63) is 88.4 Å². The smallest absolute Gasteiger partial charge is 0.352 e. The van der Waals surface area contributed by atoms with Gasteiger partial charge in [0.15, 0.2) is 0 Å². The first-order valence-electron chi connectivity index (χ1n) is 10.9. The van der Waals surface area contributed by atoms with E-state index in [2.05, 4.69) is 15.9 Å². The fraction of sp³-hybridized carbons (Fsp3) is 0.185. The highest BCUT2D eigenvalue weighted by atomic mass is 79.9. The fourth-order valence-corrected chi connectivity index (χ4v) is 4.03. The minimum atomic E-state index is -0.985. The third kappa shape index (κ3) is 4.84. The van der Waals surface area contributed by atoms with Gasteiger partial charge in [0.05, 0.1) is 17.7 Å². The van der Waals surface area contributed by atoms with Gasteiger partial charge in [-0.1, -0.05) is 60.7 Å². The molecule has 34 heavy (non-hydrogen) atoms. The van der Waals surface area contributed by atoms with Gasteiger partial charge in [-0.05, 0) is 41.9 Å². The molecule has 0 bridgehead atoms. The zero-order valence-electron chi connectivity index (χ0n) is 18.7. The molecule has 0 saturated carbocycles. The summed E-state index contributed by atoms with van der Waals surface area (Å²) in [7, 11) is 0. The van der Waals surface area contributed by atoms with E-state index in [-0.39, 0.29) is 13.2 Å². The lowest BCUT2D eigenvalue weighted by molar-refractivity contribution is -0.151. The summed E-state index contributed by atoms with van der Waals surface area (Å²) in [6, 6.07) is 21.8. The summed E-state index contributed by atoms with van der Waals surface area (Å²) < 4.78 is 23.4. The molecule has 0 saturated heterocycles. The van der Waals surface area contributed by atoms with Gasteiger partial charge in [-0.15, -0.1) is 0 Å². The Morgan fingerprint density at radius 3 is 2.21 bits per heavy atom. The minimum absolute atomic E-state index is 0.221. The molecule has 4 rings (SSSR count). The predicted octanol–water partition coefficient (Wildman–Crippen LogP) is 6.72. The van der Waals surface area contributed by atoms with Crippen molar-refractivity contribution in [2.75, 3.05) is 13.2 Å². The number of carbonyl (C=O) groups excluding carboxylic acids is 2. The number of hydrogen-bond donors (Lipinski definition) is 0. The highest BCUT2D eigenvalue weighted by molar-refractivity contribution is 9.10. The van der Waals surface area contributed by atoms with Crippen molar-refractivity contribution in [1.82, 2.24) is 0 Å². The van der Waals surface area contributed by atoms with Crippen LogP contribution in [0.25, 0.3) is 22.3 Å². The Labute approximate surface area is 205 Å². The largest absolute Gasteiger partial charge is 0.473 e. The fourth-order valence-electron chi connectivity index (χ4n) is 3.61. The summed E-state index contributed by atoms with van der Waals surface area (Å²) in [5.41, 5.74) is 2.17. The van der Waals surface area contributed by atoms with E-state index in [9.17, 15) is 9.59 Å². The van der Waals surface area contributed by atoms with Crippen molar-refractivity contribution in [3.8, 4) is 17.1 Å². The van der Waals surface area contributed by atoms with Crippen LogP contribution in [0.5, 0.6) is 5.75 Å². The van der Waals surface area contributed by atoms with Crippen LogP contribution in [0.2, 0.25) is 0 Å². The molecule has 6 nitrogen and oxygen atoms in total. The number of esters is 2. The molecule has 0 aliphatic heterocycles. The Morgan fingerprint density at radius 2 is 1.56 bits per heavy atom. The Kier molecular flexibility index (Phi) is 7.33. The summed E-state index contributed by atoms with van der Waals surface area (Å²) >= 11 is 3.51. The Hall–Kier alpha value is -3.58. The molecule has 0 fully saturated rings. The zero-order chi connectivity index (χ0) is 24.1. The maximum absolute atomic E-state index is 12.9. The summed E-state index contributed by atoms with van der Waals surface area (Å²) in [5, 5.41) is 0.520. The Balaban J connectivity index is 1.84. The van der Waals surface area contributed by atoms with Crippen molar-refractivity contribution in [2.24, 2.45) is 0 Å². The Bertz CT molecular complexity index is 1300. The number of hydrogen-bond acceptors (Lipinski definition) is 6. The minimum Gasteiger partial charge on any atom is -0.473 e. The molecule has 1 atom stereocenters. The van der Waals surface area contributed by atoms with Gasteiger partial charge in [-0.2, -0.15) is 0 Å². The third-order valence-corrected chi connectivity index (χ3v) is 5.73. The molecule has 174 valence electrons. The van der Waals surface area contributed by atoms with Crippen molar-refractivity contribution >= 4 is 38.8 Å². The predicted molar refractivity (Wildman–Crippen MR) is 132 cm³/mol. The normalized spacial score (nSPS) is 11.7. The van der Waals surface area contributed by atoms with E-state index >= 15 is 0 Å². The number of carbonyl (C=O) groups is 2. The van der Waals surface area contributed by atoms with E-state index in [0.717, 1.165) is 5.56 Å². The van der Waals surface area contributed by atoms with Gasteiger partial charge >= 0.3 is 11.9 Å². The molecular weight excluding hydrogens is 500 g/mol. The maximum Gasteiger partial charge on any atom is 0.352 e. The molecule has 3 aromatic carbocycles. The Morgan fingerprint density at radius 1 is 0.912 bits per heavy atom. The lowest BCUT2D eigenvalue weighted by Gasteiger charge is -2.19. The molecule has 0 spiro atoms. The molecular formula is C27H23BrO6. The van der Waals surface area contributed by atoms with Gasteiger partial charge in [0.2, 0.25) is 6.10 Å². The van der Waals surface area contributed by atoms with E-state index in [4.69, 9.17) is 18.6 Å². The topological polar surface area (TPSA) is 75.0 Å². The van der Waals surface area contributed by atoms with Gasteiger partial charge < -0.3 is 18.6 Å². The van der Waals surface area contributed by atoms with Crippen molar-refractivity contribution in [3.63, 3.8) is 0 Å². The summed E-state index contributed by atoms with van der Waals surface area (Å²) in [6.45, 7) is 3.93. The van der Waals surface area contributed by atoms with E-state index in [1.807, 2.05) is 48.5 Å². The van der Waals surface area contributed by atoms with Crippen molar-refractivity contribution in [1.29, 1.82) is 0 Å². The SMILES string of the molecule is CCOC(=O)c1c(-c2ccccc2)oc2cc(Br)c(O[C@H](C(=O)OCC)c3ccccc3)cc12. The first kappa shape index (κ1) is 23.6. The molecule has 0 N–H and O–H groups in total. The van der Waals surface area contributed by atoms with Crippen molar-refractivity contribution < 1.29 is 28.2 Å². The number of rotatable bonds is 8. The van der Waals surface area contributed by atoms with Gasteiger partial charge in [0.25, 0.3) is 0 Å². The van der Waals surface area contributed by atoms with Crippen LogP contribution in [0.4, 0.5) is 0 Å².